The first-order chi connectivity index (χ1) is 21.3. The van der Waals surface area contributed by atoms with Crippen LogP contribution in [-0.2, 0) is 21.0 Å². The summed E-state index contributed by atoms with van der Waals surface area (Å²) in [5.74, 6) is 3.16. The molecule has 2 aliphatic rings. The molecule has 0 amide bonds. The van der Waals surface area contributed by atoms with Crippen molar-refractivity contribution < 1.29 is 9.47 Å². The molecule has 46 heavy (non-hydrogen) atoms. The third kappa shape index (κ3) is 5.81. The number of fused-ring (bicyclic) bond motifs is 2. The summed E-state index contributed by atoms with van der Waals surface area (Å²) in [6.45, 7) is 27.1. The summed E-state index contributed by atoms with van der Waals surface area (Å²) in [5.41, 5.74) is 9.89. The number of aromatic nitrogens is 1. The maximum atomic E-state index is 6.84. The first-order valence-corrected chi connectivity index (χ1v) is 16.4. The van der Waals surface area contributed by atoms with Gasteiger partial charge in [0.25, 0.3) is 0 Å². The zero-order chi connectivity index (χ0) is 33.4. The summed E-state index contributed by atoms with van der Waals surface area (Å²) in [6.07, 6.45) is 1.93. The summed E-state index contributed by atoms with van der Waals surface area (Å²) in [4.78, 5) is 12.1. The number of rotatable bonds is 4. The van der Waals surface area contributed by atoms with Crippen LogP contribution in [0.3, 0.4) is 0 Å². The van der Waals surface area contributed by atoms with Crippen LogP contribution in [-0.4, -0.2) is 23.0 Å². The van der Waals surface area contributed by atoms with Gasteiger partial charge in [-0.25, -0.2) is 9.98 Å². The van der Waals surface area contributed by atoms with E-state index in [2.05, 4.69) is 149 Å². The molecule has 0 fully saturated rings. The molecule has 6 rings (SSSR count). The first-order valence-electron chi connectivity index (χ1n) is 16.4. The van der Waals surface area contributed by atoms with Crippen molar-refractivity contribution in [3.8, 4) is 11.5 Å². The zero-order valence-electron chi connectivity index (χ0n) is 29.7. The van der Waals surface area contributed by atoms with Gasteiger partial charge < -0.3 is 9.47 Å². The number of pyridine rings is 1. The summed E-state index contributed by atoms with van der Waals surface area (Å²) in [5, 5.41) is 0. The van der Waals surface area contributed by atoms with E-state index in [0.29, 0.717) is 12.5 Å². The average Bonchev–Trinajstić information content (AvgIpc) is 3.33. The van der Waals surface area contributed by atoms with Crippen LogP contribution in [0.25, 0.3) is 0 Å². The van der Waals surface area contributed by atoms with E-state index in [-0.39, 0.29) is 21.8 Å². The van der Waals surface area contributed by atoms with Crippen LogP contribution >= 0.6 is 0 Å². The molecule has 0 atom stereocenters. The van der Waals surface area contributed by atoms with Crippen molar-refractivity contribution in [2.75, 3.05) is 11.5 Å². The molecule has 4 aromatic rings. The summed E-state index contributed by atoms with van der Waals surface area (Å²) < 4.78 is 12.9. The van der Waals surface area contributed by atoms with Gasteiger partial charge in [-0.15, -0.1) is 0 Å². The van der Waals surface area contributed by atoms with Crippen LogP contribution < -0.4 is 9.64 Å². The summed E-state index contributed by atoms with van der Waals surface area (Å²) in [7, 11) is 0. The van der Waals surface area contributed by atoms with Crippen LogP contribution in [0.5, 0.6) is 11.5 Å². The van der Waals surface area contributed by atoms with Crippen molar-refractivity contribution in [3.05, 3.63) is 106 Å². The molecular weight excluding hydrogens is 566 g/mol. The van der Waals surface area contributed by atoms with Gasteiger partial charge in [0.05, 0.1) is 16.9 Å². The second-order valence-corrected chi connectivity index (χ2v) is 16.4. The minimum Gasteiger partial charge on any atom is -0.475 e. The van der Waals surface area contributed by atoms with Gasteiger partial charge in [0.1, 0.15) is 23.9 Å². The molecule has 5 nitrogen and oxygen atoms in total. The lowest BCUT2D eigenvalue weighted by molar-refractivity contribution is 0.279. The highest BCUT2D eigenvalue weighted by atomic mass is 16.5. The molecule has 0 unspecified atom stereocenters. The van der Waals surface area contributed by atoms with E-state index in [1.807, 2.05) is 6.20 Å². The van der Waals surface area contributed by atoms with Crippen molar-refractivity contribution in [1.29, 1.82) is 0 Å². The highest BCUT2D eigenvalue weighted by molar-refractivity contribution is 5.96. The quantitative estimate of drug-likeness (QED) is 0.229. The fourth-order valence-corrected chi connectivity index (χ4v) is 6.42. The van der Waals surface area contributed by atoms with Gasteiger partial charge in [0.15, 0.2) is 0 Å². The Balaban J connectivity index is 1.52. The van der Waals surface area contributed by atoms with Crippen molar-refractivity contribution in [3.63, 3.8) is 0 Å². The molecule has 0 N–H and O–H groups in total. The van der Waals surface area contributed by atoms with Crippen LogP contribution in [0.2, 0.25) is 0 Å². The topological polar surface area (TPSA) is 47.0 Å². The Kier molecular flexibility index (Phi) is 7.42. The fourth-order valence-electron chi connectivity index (χ4n) is 6.42. The predicted molar refractivity (Wildman–Crippen MR) is 191 cm³/mol. The number of aliphatic imine (C=N–C) groups is 1. The molecule has 5 heteroatoms. The van der Waals surface area contributed by atoms with E-state index in [1.54, 1.807) is 0 Å². The zero-order valence-corrected chi connectivity index (χ0v) is 29.7. The Morgan fingerprint density at radius 1 is 0.761 bits per heavy atom. The van der Waals surface area contributed by atoms with E-state index >= 15 is 0 Å². The third-order valence-electron chi connectivity index (χ3n) is 9.33. The maximum absolute atomic E-state index is 6.84. The van der Waals surface area contributed by atoms with E-state index in [1.165, 1.54) is 27.8 Å². The highest BCUT2D eigenvalue weighted by Crippen LogP contribution is 2.53. The molecule has 0 bridgehead atoms. The molecule has 0 radical (unpaired) electrons. The van der Waals surface area contributed by atoms with Crippen molar-refractivity contribution in [1.82, 2.24) is 4.98 Å². The lowest BCUT2D eigenvalue weighted by atomic mass is 9.72. The van der Waals surface area contributed by atoms with Gasteiger partial charge in [-0.1, -0.05) is 73.1 Å². The molecule has 240 valence electrons. The fraction of sp³-hybridized carbons (Fsp3) is 0.415. The molecule has 3 heterocycles. The number of hydrogen-bond donors (Lipinski definition) is 0. The lowest BCUT2D eigenvalue weighted by Gasteiger charge is -2.42. The molecule has 0 saturated carbocycles. The molecule has 1 aromatic heterocycles. The smallest absolute Gasteiger partial charge is 0.216 e. The molecule has 0 aliphatic carbocycles. The van der Waals surface area contributed by atoms with Crippen LogP contribution in [0.4, 0.5) is 17.2 Å². The third-order valence-corrected chi connectivity index (χ3v) is 9.33. The second kappa shape index (κ2) is 10.7. The standard InChI is InChI=1S/C41H49N3O2/c1-25-13-14-33-31(17-25)41(11,12)32-18-26(2)35(23-34(32)44(33)36-22-28(15-16-42-36)38(3,4)5)46-30-20-27(19-29(21-30)39(6,7)8)37-43-40(9,10)24-45-37/h13-23H,24H2,1-12H3. The second-order valence-electron chi connectivity index (χ2n) is 16.4. The van der Waals surface area contributed by atoms with Gasteiger partial charge in [0.2, 0.25) is 5.90 Å². The Hall–Kier alpha value is -4.12. The van der Waals surface area contributed by atoms with Crippen molar-refractivity contribution in [2.45, 2.75) is 105 Å². The van der Waals surface area contributed by atoms with E-state index < -0.39 is 0 Å². The summed E-state index contributed by atoms with van der Waals surface area (Å²) in [6, 6.07) is 22.0. The molecule has 0 spiro atoms. The monoisotopic (exact) mass is 615 g/mol. The Bertz CT molecular complexity index is 1870. The predicted octanol–water partition coefficient (Wildman–Crippen LogP) is 10.8. The van der Waals surface area contributed by atoms with Crippen molar-refractivity contribution in [2.24, 2.45) is 4.99 Å². The van der Waals surface area contributed by atoms with E-state index in [9.17, 15) is 0 Å². The number of ether oxygens (including phenoxy) is 2. The number of hydrogen-bond acceptors (Lipinski definition) is 5. The van der Waals surface area contributed by atoms with Gasteiger partial charge >= 0.3 is 0 Å². The Labute approximate surface area is 275 Å². The van der Waals surface area contributed by atoms with Crippen LogP contribution in [0.1, 0.15) is 108 Å². The van der Waals surface area contributed by atoms with Crippen molar-refractivity contribution >= 4 is 23.1 Å². The van der Waals surface area contributed by atoms with Gasteiger partial charge in [-0.2, -0.15) is 0 Å². The van der Waals surface area contributed by atoms with Gasteiger partial charge in [-0.05, 0) is 109 Å². The van der Waals surface area contributed by atoms with Gasteiger partial charge in [-0.3, -0.25) is 4.90 Å². The van der Waals surface area contributed by atoms with E-state index in [0.717, 1.165) is 39.8 Å². The van der Waals surface area contributed by atoms with Gasteiger partial charge in [0, 0.05) is 23.2 Å². The number of aryl methyl sites for hydroxylation is 2. The average molecular weight is 616 g/mol. The first kappa shape index (κ1) is 31.8. The van der Waals surface area contributed by atoms with E-state index in [4.69, 9.17) is 19.5 Å². The highest BCUT2D eigenvalue weighted by Gasteiger charge is 2.38. The number of anilines is 3. The van der Waals surface area contributed by atoms with Crippen LogP contribution in [0, 0.1) is 13.8 Å². The summed E-state index contributed by atoms with van der Waals surface area (Å²) >= 11 is 0. The molecule has 2 aliphatic heterocycles. The molecular formula is C41H49N3O2. The van der Waals surface area contributed by atoms with Crippen LogP contribution in [0.15, 0.2) is 71.9 Å². The Morgan fingerprint density at radius 2 is 1.46 bits per heavy atom. The lowest BCUT2D eigenvalue weighted by Crippen LogP contribution is -2.31. The largest absolute Gasteiger partial charge is 0.475 e. The minimum absolute atomic E-state index is 0.00838. The maximum Gasteiger partial charge on any atom is 0.216 e. The molecule has 3 aromatic carbocycles. The normalized spacial score (nSPS) is 16.8. The Morgan fingerprint density at radius 3 is 2.11 bits per heavy atom. The number of nitrogens with zero attached hydrogens (tertiary/aromatic N) is 3. The number of benzene rings is 3. The SMILES string of the molecule is Cc1ccc2c(c1)C(C)(C)c1cc(C)c(Oc3cc(C4=NC(C)(C)CO4)cc(C(C)(C)C)c3)cc1N2c1cc(C(C)(C)C)ccn1. The minimum atomic E-state index is -0.243. The molecule has 0 saturated heterocycles.